The molecule has 1 aliphatic heterocycles. The Labute approximate surface area is 154 Å². The summed E-state index contributed by atoms with van der Waals surface area (Å²) in [5, 5.41) is 0. The maximum Gasteiger partial charge on any atom is 0.230 e. The van der Waals surface area contributed by atoms with Crippen LogP contribution in [0.4, 0.5) is 0 Å². The van der Waals surface area contributed by atoms with Crippen LogP contribution in [0.2, 0.25) is 0 Å². The van der Waals surface area contributed by atoms with Crippen LogP contribution in [0, 0.1) is 18.3 Å². The normalized spacial score (nSPS) is 24.8. The molecule has 1 aliphatic carbocycles. The van der Waals surface area contributed by atoms with E-state index in [1.165, 1.54) is 12.8 Å². The van der Waals surface area contributed by atoms with E-state index >= 15 is 0 Å². The Morgan fingerprint density at radius 3 is 3.19 bits per heavy atom. The van der Waals surface area contributed by atoms with E-state index in [1.54, 1.807) is 6.26 Å². The summed E-state index contributed by atoms with van der Waals surface area (Å²) in [6, 6.07) is 5.81. The summed E-state index contributed by atoms with van der Waals surface area (Å²) >= 11 is 0. The summed E-state index contributed by atoms with van der Waals surface area (Å²) in [6.07, 6.45) is 9.27. The quantitative estimate of drug-likeness (QED) is 0.798. The van der Waals surface area contributed by atoms with Crippen LogP contribution in [0.1, 0.15) is 36.1 Å². The molecular weight excluding hydrogens is 328 g/mol. The third-order valence-corrected chi connectivity index (χ3v) is 5.89. The number of likely N-dealkylation sites (tertiary alicyclic amines) is 1. The van der Waals surface area contributed by atoms with Crippen molar-refractivity contribution in [2.24, 2.45) is 11.3 Å². The summed E-state index contributed by atoms with van der Waals surface area (Å²) in [5.74, 6) is 1.46. The summed E-state index contributed by atoms with van der Waals surface area (Å²) in [5.41, 5.74) is 2.38. The molecule has 2 aromatic rings. The van der Waals surface area contributed by atoms with Gasteiger partial charge in [0.05, 0.1) is 25.9 Å². The topological polar surface area (TPSA) is 55.6 Å². The highest BCUT2D eigenvalue weighted by Gasteiger charge is 2.50. The standard InChI is InChI=1S/C21H26N2O3/c1-16-8-17(11-22-10-16)13-25-15-21-6-2-4-18(21)12-23(14-21)20(24)9-19-5-3-7-26-19/h3,5,7-8,10-11,18H,2,4,6,9,12-15H2,1H3/t18-,21+/m1/s1. The summed E-state index contributed by atoms with van der Waals surface area (Å²) in [4.78, 5) is 18.9. The lowest BCUT2D eigenvalue weighted by Crippen LogP contribution is -2.35. The molecule has 1 saturated heterocycles. The van der Waals surface area contributed by atoms with E-state index in [1.807, 2.05) is 36.4 Å². The molecule has 2 aromatic heterocycles. The fourth-order valence-corrected chi connectivity index (χ4v) is 4.58. The largest absolute Gasteiger partial charge is 0.469 e. The molecule has 138 valence electrons. The number of carbonyl (C=O) groups excluding carboxylic acids is 1. The average Bonchev–Trinajstić information content (AvgIpc) is 3.30. The molecule has 0 N–H and O–H groups in total. The zero-order valence-corrected chi connectivity index (χ0v) is 15.3. The molecule has 2 fully saturated rings. The lowest BCUT2D eigenvalue weighted by molar-refractivity contribution is -0.130. The molecule has 1 saturated carbocycles. The second-order valence-corrected chi connectivity index (χ2v) is 7.85. The fraction of sp³-hybridized carbons (Fsp3) is 0.524. The van der Waals surface area contributed by atoms with Gasteiger partial charge in [0.2, 0.25) is 5.91 Å². The number of nitrogens with zero attached hydrogens (tertiary/aromatic N) is 2. The number of hydrogen-bond acceptors (Lipinski definition) is 4. The number of pyridine rings is 1. The Morgan fingerprint density at radius 2 is 2.38 bits per heavy atom. The van der Waals surface area contributed by atoms with Gasteiger partial charge >= 0.3 is 0 Å². The van der Waals surface area contributed by atoms with Crippen molar-refractivity contribution in [1.82, 2.24) is 9.88 Å². The van der Waals surface area contributed by atoms with Crippen LogP contribution in [-0.4, -0.2) is 35.5 Å². The minimum atomic E-state index is 0.121. The van der Waals surface area contributed by atoms with Crippen LogP contribution >= 0.6 is 0 Å². The van der Waals surface area contributed by atoms with Crippen molar-refractivity contribution in [2.45, 2.75) is 39.2 Å². The van der Waals surface area contributed by atoms with Crippen molar-refractivity contribution in [3.63, 3.8) is 0 Å². The van der Waals surface area contributed by atoms with E-state index in [4.69, 9.17) is 9.15 Å². The highest BCUT2D eigenvalue weighted by molar-refractivity contribution is 5.78. The Bertz CT molecular complexity index is 758. The highest BCUT2D eigenvalue weighted by atomic mass is 16.5. The first kappa shape index (κ1) is 17.3. The van der Waals surface area contributed by atoms with Gasteiger partial charge in [-0.3, -0.25) is 9.78 Å². The van der Waals surface area contributed by atoms with E-state index < -0.39 is 0 Å². The molecule has 0 bridgehead atoms. The van der Waals surface area contributed by atoms with E-state index in [2.05, 4.69) is 11.1 Å². The molecule has 0 unspecified atom stereocenters. The molecule has 4 rings (SSSR count). The van der Waals surface area contributed by atoms with Gasteiger partial charge in [-0.1, -0.05) is 12.5 Å². The Morgan fingerprint density at radius 1 is 1.46 bits per heavy atom. The van der Waals surface area contributed by atoms with Gasteiger partial charge in [-0.05, 0) is 48.9 Å². The molecule has 0 spiro atoms. The van der Waals surface area contributed by atoms with Gasteiger partial charge in [0, 0.05) is 30.9 Å². The average molecular weight is 354 g/mol. The van der Waals surface area contributed by atoms with E-state index in [9.17, 15) is 4.79 Å². The van der Waals surface area contributed by atoms with Crippen molar-refractivity contribution in [2.75, 3.05) is 19.7 Å². The molecule has 2 aliphatic rings. The second kappa shape index (κ2) is 7.23. The zero-order valence-electron chi connectivity index (χ0n) is 15.3. The summed E-state index contributed by atoms with van der Waals surface area (Å²) in [7, 11) is 0. The van der Waals surface area contributed by atoms with Crippen LogP contribution in [0.15, 0.2) is 41.3 Å². The monoisotopic (exact) mass is 354 g/mol. The number of ether oxygens (including phenoxy) is 1. The lowest BCUT2D eigenvalue weighted by atomic mass is 9.81. The molecule has 26 heavy (non-hydrogen) atoms. The van der Waals surface area contributed by atoms with Crippen molar-refractivity contribution in [1.29, 1.82) is 0 Å². The Kier molecular flexibility index (Phi) is 4.81. The van der Waals surface area contributed by atoms with Crippen molar-refractivity contribution < 1.29 is 13.9 Å². The number of fused-ring (bicyclic) bond motifs is 1. The van der Waals surface area contributed by atoms with Gasteiger partial charge in [-0.15, -0.1) is 0 Å². The summed E-state index contributed by atoms with van der Waals surface area (Å²) in [6.45, 7) is 5.01. The maximum atomic E-state index is 12.6. The third kappa shape index (κ3) is 3.54. The van der Waals surface area contributed by atoms with E-state index in [0.29, 0.717) is 18.9 Å². The predicted molar refractivity (Wildman–Crippen MR) is 97.4 cm³/mol. The van der Waals surface area contributed by atoms with E-state index in [-0.39, 0.29) is 11.3 Å². The van der Waals surface area contributed by atoms with E-state index in [0.717, 1.165) is 43.0 Å². The van der Waals surface area contributed by atoms with Gasteiger partial charge in [0.25, 0.3) is 0 Å². The first-order valence-corrected chi connectivity index (χ1v) is 9.43. The lowest BCUT2D eigenvalue weighted by Gasteiger charge is -2.28. The van der Waals surface area contributed by atoms with Crippen LogP contribution < -0.4 is 0 Å². The minimum absolute atomic E-state index is 0.121. The highest BCUT2D eigenvalue weighted by Crippen LogP contribution is 2.49. The van der Waals surface area contributed by atoms with Crippen LogP contribution in [0.3, 0.4) is 0 Å². The van der Waals surface area contributed by atoms with Crippen LogP contribution in [0.5, 0.6) is 0 Å². The van der Waals surface area contributed by atoms with Gasteiger partial charge in [0.15, 0.2) is 0 Å². The zero-order chi connectivity index (χ0) is 18.0. The molecule has 0 radical (unpaired) electrons. The van der Waals surface area contributed by atoms with Gasteiger partial charge < -0.3 is 14.1 Å². The number of furan rings is 1. The molecule has 1 amide bonds. The fourth-order valence-electron chi connectivity index (χ4n) is 4.58. The van der Waals surface area contributed by atoms with Gasteiger partial charge in [-0.2, -0.15) is 0 Å². The SMILES string of the molecule is Cc1cncc(COC[C@@]23CCC[C@@H]2CN(C(=O)Cc2ccco2)C3)c1. The molecule has 0 aromatic carbocycles. The third-order valence-electron chi connectivity index (χ3n) is 5.89. The number of carbonyl (C=O) groups is 1. The molecular formula is C21H26N2O3. The molecule has 2 atom stereocenters. The maximum absolute atomic E-state index is 12.6. The second-order valence-electron chi connectivity index (χ2n) is 7.85. The van der Waals surface area contributed by atoms with Gasteiger partial charge in [0.1, 0.15) is 5.76 Å². The summed E-state index contributed by atoms with van der Waals surface area (Å²) < 4.78 is 11.4. The smallest absolute Gasteiger partial charge is 0.230 e. The van der Waals surface area contributed by atoms with Crippen molar-refractivity contribution in [3.05, 3.63) is 53.7 Å². The van der Waals surface area contributed by atoms with Crippen LogP contribution in [0.25, 0.3) is 0 Å². The van der Waals surface area contributed by atoms with Crippen molar-refractivity contribution in [3.8, 4) is 0 Å². The number of hydrogen-bond donors (Lipinski definition) is 0. The predicted octanol–water partition coefficient (Wildman–Crippen LogP) is 3.37. The number of aryl methyl sites for hydroxylation is 1. The molecule has 5 nitrogen and oxygen atoms in total. The first-order chi connectivity index (χ1) is 12.6. The number of aromatic nitrogens is 1. The number of amides is 1. The van der Waals surface area contributed by atoms with Crippen molar-refractivity contribution >= 4 is 5.91 Å². The minimum Gasteiger partial charge on any atom is -0.469 e. The van der Waals surface area contributed by atoms with Gasteiger partial charge in [-0.25, -0.2) is 0 Å². The first-order valence-electron chi connectivity index (χ1n) is 9.43. The molecule has 5 heteroatoms. The Balaban J connectivity index is 1.36. The molecule has 3 heterocycles. The Hall–Kier alpha value is -2.14. The van der Waals surface area contributed by atoms with Crippen LogP contribution in [-0.2, 0) is 22.6 Å². The number of rotatable bonds is 6.